The van der Waals surface area contributed by atoms with Crippen molar-refractivity contribution >= 4 is 15.9 Å². The summed E-state index contributed by atoms with van der Waals surface area (Å²) in [5.41, 5.74) is 0.930. The van der Waals surface area contributed by atoms with Gasteiger partial charge in [0, 0.05) is 38.0 Å². The van der Waals surface area contributed by atoms with E-state index in [1.807, 2.05) is 0 Å². The average Bonchev–Trinajstić information content (AvgIpc) is 3.07. The fourth-order valence-corrected chi connectivity index (χ4v) is 4.63. The van der Waals surface area contributed by atoms with E-state index in [9.17, 15) is 13.2 Å². The topological polar surface area (TPSA) is 93.7 Å². The van der Waals surface area contributed by atoms with Gasteiger partial charge in [-0.3, -0.25) is 4.79 Å². The highest BCUT2D eigenvalue weighted by Gasteiger charge is 2.54. The van der Waals surface area contributed by atoms with Crippen LogP contribution >= 0.6 is 0 Å². The smallest absolute Gasteiger partial charge is 0.240 e. The number of ether oxygens (including phenoxy) is 2. The fraction of sp³-hybridized carbons (Fsp3) is 0.611. The molecule has 0 radical (unpaired) electrons. The van der Waals surface area contributed by atoms with Gasteiger partial charge in [0.1, 0.15) is 0 Å². The summed E-state index contributed by atoms with van der Waals surface area (Å²) in [6.07, 6.45) is 2.13. The quantitative estimate of drug-likeness (QED) is 0.690. The van der Waals surface area contributed by atoms with Crippen molar-refractivity contribution in [1.29, 1.82) is 0 Å². The highest BCUT2D eigenvalue weighted by molar-refractivity contribution is 7.89. The van der Waals surface area contributed by atoms with Gasteiger partial charge in [-0.1, -0.05) is 12.1 Å². The normalized spacial score (nSPS) is 27.6. The monoisotopic (exact) mass is 382 g/mol. The van der Waals surface area contributed by atoms with Gasteiger partial charge in [-0.2, -0.15) is 0 Å². The molecule has 2 N–H and O–H groups in total. The number of carbonyl (C=O) groups is 1. The molecule has 0 bridgehead atoms. The van der Waals surface area contributed by atoms with Crippen LogP contribution in [0.15, 0.2) is 29.2 Å². The molecule has 1 heterocycles. The number of aryl methyl sites for hydroxylation is 1. The van der Waals surface area contributed by atoms with Crippen molar-refractivity contribution in [2.24, 2.45) is 11.8 Å². The van der Waals surface area contributed by atoms with Crippen molar-refractivity contribution in [2.45, 2.75) is 36.3 Å². The number of hydrogen-bond donors (Lipinski definition) is 2. The summed E-state index contributed by atoms with van der Waals surface area (Å²) in [6.45, 7) is 1.34. The summed E-state index contributed by atoms with van der Waals surface area (Å²) >= 11 is 0. The van der Waals surface area contributed by atoms with E-state index in [4.69, 9.17) is 9.47 Å². The van der Waals surface area contributed by atoms with Crippen molar-refractivity contribution in [3.63, 3.8) is 0 Å². The van der Waals surface area contributed by atoms with Gasteiger partial charge in [0.05, 0.1) is 17.6 Å². The van der Waals surface area contributed by atoms with Crippen LogP contribution in [0, 0.1) is 11.8 Å². The first-order valence-electron chi connectivity index (χ1n) is 8.88. The molecule has 144 valence electrons. The highest BCUT2D eigenvalue weighted by atomic mass is 32.2. The third-order valence-electron chi connectivity index (χ3n) is 5.36. The van der Waals surface area contributed by atoms with Crippen molar-refractivity contribution in [3.8, 4) is 0 Å². The van der Waals surface area contributed by atoms with E-state index in [0.29, 0.717) is 25.4 Å². The number of nitrogens with one attached hydrogen (secondary N) is 2. The van der Waals surface area contributed by atoms with Gasteiger partial charge < -0.3 is 14.8 Å². The van der Waals surface area contributed by atoms with E-state index in [0.717, 1.165) is 18.6 Å². The van der Waals surface area contributed by atoms with Crippen LogP contribution in [-0.4, -0.2) is 53.8 Å². The summed E-state index contributed by atoms with van der Waals surface area (Å²) in [6, 6.07) is 6.73. The van der Waals surface area contributed by atoms with Crippen LogP contribution in [0.4, 0.5) is 0 Å². The Bertz CT molecular complexity index is 734. The zero-order valence-corrected chi connectivity index (χ0v) is 15.9. The van der Waals surface area contributed by atoms with E-state index in [1.54, 1.807) is 31.4 Å². The first kappa shape index (κ1) is 19.3. The predicted octanol–water partition coefficient (Wildman–Crippen LogP) is 0.693. The van der Waals surface area contributed by atoms with Gasteiger partial charge in [-0.15, -0.1) is 0 Å². The summed E-state index contributed by atoms with van der Waals surface area (Å²) in [4.78, 5) is 12.6. The number of carbonyl (C=O) groups excluding carboxylic acids is 1. The first-order valence-corrected chi connectivity index (χ1v) is 10.4. The summed E-state index contributed by atoms with van der Waals surface area (Å²) in [5, 5.41) is 3.13. The van der Waals surface area contributed by atoms with Crippen LogP contribution in [-0.2, 0) is 30.7 Å². The Balaban J connectivity index is 1.51. The Kier molecular flexibility index (Phi) is 5.96. The standard InChI is InChI=1S/C18H26N2O5S/c1-19-26(22,23)13-6-3-12(4-7-13)5-8-16(21)20-17-14-9-10-25-18(14)15(17)11-24-2/h3-4,6-7,14-15,17-19H,5,8-11H2,1-2H3,(H,20,21)/t14-,15-,17-,18-/m1/s1. The molecule has 0 unspecified atom stereocenters. The number of rotatable bonds is 8. The summed E-state index contributed by atoms with van der Waals surface area (Å²) < 4.78 is 36.7. The second kappa shape index (κ2) is 8.04. The molecule has 0 spiro atoms. The lowest BCUT2D eigenvalue weighted by molar-refractivity contribution is -0.129. The van der Waals surface area contributed by atoms with Crippen LogP contribution in [0.1, 0.15) is 18.4 Å². The molecular weight excluding hydrogens is 356 g/mol. The van der Waals surface area contributed by atoms with Gasteiger partial charge in [0.25, 0.3) is 0 Å². The average molecular weight is 382 g/mol. The van der Waals surface area contributed by atoms with Gasteiger partial charge >= 0.3 is 0 Å². The van der Waals surface area contributed by atoms with E-state index in [-0.39, 0.29) is 28.9 Å². The van der Waals surface area contributed by atoms with Crippen molar-refractivity contribution in [1.82, 2.24) is 10.0 Å². The molecule has 26 heavy (non-hydrogen) atoms. The van der Waals surface area contributed by atoms with E-state index in [1.165, 1.54) is 7.05 Å². The third-order valence-corrected chi connectivity index (χ3v) is 6.79. The maximum absolute atomic E-state index is 12.3. The molecule has 1 aliphatic carbocycles. The second-order valence-corrected chi connectivity index (χ2v) is 8.74. The Hall–Kier alpha value is -1.48. The maximum Gasteiger partial charge on any atom is 0.240 e. The molecule has 2 fully saturated rings. The van der Waals surface area contributed by atoms with Crippen molar-refractivity contribution in [2.75, 3.05) is 27.4 Å². The molecule has 8 heteroatoms. The molecular formula is C18H26N2O5S. The highest BCUT2D eigenvalue weighted by Crippen LogP contribution is 2.43. The number of hydrogen-bond acceptors (Lipinski definition) is 5. The van der Waals surface area contributed by atoms with Crippen LogP contribution < -0.4 is 10.0 Å². The first-order chi connectivity index (χ1) is 12.5. The molecule has 3 rings (SSSR count). The fourth-order valence-electron chi connectivity index (χ4n) is 3.90. The van der Waals surface area contributed by atoms with E-state index < -0.39 is 10.0 Å². The molecule has 1 amide bonds. The molecule has 2 aliphatic rings. The lowest BCUT2D eigenvalue weighted by atomic mass is 9.67. The zero-order chi connectivity index (χ0) is 18.7. The molecule has 1 saturated heterocycles. The molecule has 7 nitrogen and oxygen atoms in total. The molecule has 1 saturated carbocycles. The number of amides is 1. The summed E-state index contributed by atoms with van der Waals surface area (Å²) in [5.74, 6) is 0.626. The molecule has 4 atom stereocenters. The van der Waals surface area contributed by atoms with E-state index in [2.05, 4.69) is 10.0 Å². The SMILES string of the molecule is CNS(=O)(=O)c1ccc(CCC(=O)N[C@@H]2[C@H]3CCO[C@H]3[C@@H]2COC)cc1. The molecule has 1 aromatic rings. The van der Waals surface area contributed by atoms with Crippen molar-refractivity contribution in [3.05, 3.63) is 29.8 Å². The van der Waals surface area contributed by atoms with Gasteiger partial charge in [-0.25, -0.2) is 13.1 Å². The number of methoxy groups -OCH3 is 1. The number of fused-ring (bicyclic) bond motifs is 1. The van der Waals surface area contributed by atoms with Crippen LogP contribution in [0.2, 0.25) is 0 Å². The third kappa shape index (κ3) is 3.93. The Morgan fingerprint density at radius 2 is 2.04 bits per heavy atom. The molecule has 1 aromatic carbocycles. The zero-order valence-electron chi connectivity index (χ0n) is 15.1. The van der Waals surface area contributed by atoms with Gasteiger partial charge in [-0.05, 0) is 37.6 Å². The van der Waals surface area contributed by atoms with Gasteiger partial charge in [0.2, 0.25) is 15.9 Å². The number of sulfonamides is 1. The second-order valence-electron chi connectivity index (χ2n) is 6.85. The minimum atomic E-state index is -3.43. The predicted molar refractivity (Wildman–Crippen MR) is 96.2 cm³/mol. The number of benzene rings is 1. The van der Waals surface area contributed by atoms with Gasteiger partial charge in [0.15, 0.2) is 0 Å². The lowest BCUT2D eigenvalue weighted by Crippen LogP contribution is -2.62. The molecule has 1 aliphatic heterocycles. The summed E-state index contributed by atoms with van der Waals surface area (Å²) in [7, 11) is -0.385. The minimum absolute atomic E-state index is 0.00776. The van der Waals surface area contributed by atoms with E-state index >= 15 is 0 Å². The maximum atomic E-state index is 12.3. The minimum Gasteiger partial charge on any atom is -0.384 e. The Morgan fingerprint density at radius 1 is 1.31 bits per heavy atom. The van der Waals surface area contributed by atoms with Crippen LogP contribution in [0.3, 0.4) is 0 Å². The molecule has 0 aromatic heterocycles. The van der Waals surface area contributed by atoms with Crippen LogP contribution in [0.25, 0.3) is 0 Å². The van der Waals surface area contributed by atoms with Crippen molar-refractivity contribution < 1.29 is 22.7 Å². The Labute approximate surface area is 154 Å². The Morgan fingerprint density at radius 3 is 2.69 bits per heavy atom. The largest absolute Gasteiger partial charge is 0.384 e. The lowest BCUT2D eigenvalue weighted by Gasteiger charge is -2.47. The van der Waals surface area contributed by atoms with Crippen LogP contribution in [0.5, 0.6) is 0 Å².